The Balaban J connectivity index is 1.53. The van der Waals surface area contributed by atoms with E-state index in [9.17, 15) is 28.9 Å². The second kappa shape index (κ2) is 9.86. The van der Waals surface area contributed by atoms with Crippen LogP contribution in [0.3, 0.4) is 0 Å². The molecule has 2 amide bonds. The van der Waals surface area contributed by atoms with Crippen molar-refractivity contribution in [1.82, 2.24) is 4.90 Å². The average molecular weight is 441 g/mol. The third-order valence-corrected chi connectivity index (χ3v) is 7.00. The second-order valence-electron chi connectivity index (χ2n) is 7.51. The summed E-state index contributed by atoms with van der Waals surface area (Å²) in [6, 6.07) is 15.9. The molecule has 7 nitrogen and oxygen atoms in total. The fourth-order valence-corrected chi connectivity index (χ4v) is 5.18. The van der Waals surface area contributed by atoms with E-state index in [-0.39, 0.29) is 25.3 Å². The molecule has 2 aromatic carbocycles. The molecule has 2 N–H and O–H groups in total. The van der Waals surface area contributed by atoms with Gasteiger partial charge in [0.2, 0.25) is 7.37 Å². The molecular weight excluding hydrogens is 417 g/mol. The van der Waals surface area contributed by atoms with E-state index in [0.717, 1.165) is 10.5 Å². The zero-order valence-electron chi connectivity index (χ0n) is 16.9. The van der Waals surface area contributed by atoms with Crippen LogP contribution in [0.15, 0.2) is 66.7 Å². The smallest absolute Gasteiger partial charge is 0.307 e. The number of allylic oxidation sites excluding steroid dienone is 1. The van der Waals surface area contributed by atoms with Gasteiger partial charge in [0.15, 0.2) is 0 Å². The first kappa shape index (κ1) is 22.7. The Morgan fingerprint density at radius 1 is 0.968 bits per heavy atom. The minimum absolute atomic E-state index is 0.0112. The van der Waals surface area contributed by atoms with Crippen LogP contribution in [0, 0.1) is 5.92 Å². The monoisotopic (exact) mass is 441 g/mol. The lowest BCUT2D eigenvalue weighted by atomic mass is 10.0. The van der Waals surface area contributed by atoms with E-state index in [1.54, 1.807) is 24.3 Å². The standard InChI is InChI=1S/C23H24NO6P/c25-21-19-10-4-5-11-20(19)22(26)24(21)14-6-7-15-31(29,30)16-18(23(27)28)13-12-17-8-2-1-3-9-17/h1-11,18H,12-16H2,(H,27,28)(H,29,30). The first-order chi connectivity index (χ1) is 14.8. The largest absolute Gasteiger partial charge is 0.481 e. The summed E-state index contributed by atoms with van der Waals surface area (Å²) in [5, 5.41) is 9.44. The van der Waals surface area contributed by atoms with Crippen molar-refractivity contribution in [3.8, 4) is 0 Å². The number of hydrogen-bond donors (Lipinski definition) is 2. The molecule has 0 saturated heterocycles. The predicted molar refractivity (Wildman–Crippen MR) is 116 cm³/mol. The highest BCUT2D eigenvalue weighted by Crippen LogP contribution is 2.43. The van der Waals surface area contributed by atoms with Crippen LogP contribution < -0.4 is 0 Å². The van der Waals surface area contributed by atoms with Gasteiger partial charge in [0.05, 0.1) is 17.0 Å². The van der Waals surface area contributed by atoms with Gasteiger partial charge in [-0.2, -0.15) is 0 Å². The number of aliphatic carboxylic acids is 1. The van der Waals surface area contributed by atoms with E-state index in [1.807, 2.05) is 30.3 Å². The second-order valence-corrected chi connectivity index (χ2v) is 9.93. The molecule has 162 valence electrons. The molecule has 1 heterocycles. The SMILES string of the molecule is O=C(O)C(CCc1ccccc1)CP(=O)(O)CC=CCN1C(=O)c2ccccc2C1=O. The predicted octanol–water partition coefficient (Wildman–Crippen LogP) is 3.44. The van der Waals surface area contributed by atoms with Crippen molar-refractivity contribution in [2.75, 3.05) is 18.9 Å². The maximum Gasteiger partial charge on any atom is 0.307 e. The lowest BCUT2D eigenvalue weighted by molar-refractivity contribution is -0.141. The zero-order chi connectivity index (χ0) is 22.4. The van der Waals surface area contributed by atoms with Crippen LogP contribution in [0.1, 0.15) is 32.7 Å². The third kappa shape index (κ3) is 5.78. The van der Waals surface area contributed by atoms with E-state index >= 15 is 0 Å². The number of imide groups is 1. The van der Waals surface area contributed by atoms with Crippen molar-refractivity contribution in [1.29, 1.82) is 0 Å². The highest BCUT2D eigenvalue weighted by atomic mass is 31.2. The molecule has 2 atom stereocenters. The van der Waals surface area contributed by atoms with Crippen molar-refractivity contribution < 1.29 is 28.9 Å². The third-order valence-electron chi connectivity index (χ3n) is 5.20. The number of fused-ring (bicyclic) bond motifs is 1. The van der Waals surface area contributed by atoms with Gasteiger partial charge in [-0.15, -0.1) is 0 Å². The van der Waals surface area contributed by atoms with Crippen molar-refractivity contribution in [2.45, 2.75) is 12.8 Å². The summed E-state index contributed by atoms with van der Waals surface area (Å²) in [5.74, 6) is -2.82. The molecule has 0 aliphatic carbocycles. The van der Waals surface area contributed by atoms with E-state index < -0.39 is 31.1 Å². The number of carbonyl (C=O) groups is 3. The lowest BCUT2D eigenvalue weighted by Crippen LogP contribution is -2.29. The van der Waals surface area contributed by atoms with Gasteiger partial charge in [-0.1, -0.05) is 54.6 Å². The number of aryl methyl sites for hydroxylation is 1. The van der Waals surface area contributed by atoms with Crippen LogP contribution in [-0.4, -0.2) is 51.6 Å². The quantitative estimate of drug-likeness (QED) is 0.332. The molecule has 31 heavy (non-hydrogen) atoms. The maximum absolute atomic E-state index is 12.5. The van der Waals surface area contributed by atoms with Crippen LogP contribution in [0.25, 0.3) is 0 Å². The van der Waals surface area contributed by atoms with Gasteiger partial charge >= 0.3 is 5.97 Å². The normalized spacial score (nSPS) is 16.4. The highest BCUT2D eigenvalue weighted by molar-refractivity contribution is 7.58. The molecular formula is C23H24NO6P. The lowest BCUT2D eigenvalue weighted by Gasteiger charge is -2.16. The molecule has 1 aliphatic heterocycles. The Kier molecular flexibility index (Phi) is 7.21. The number of carboxylic acids is 1. The van der Waals surface area contributed by atoms with Gasteiger partial charge in [-0.05, 0) is 30.5 Å². The van der Waals surface area contributed by atoms with Gasteiger partial charge < -0.3 is 10.00 Å². The first-order valence-electron chi connectivity index (χ1n) is 9.96. The average Bonchev–Trinajstić information content (AvgIpc) is 2.99. The van der Waals surface area contributed by atoms with Crippen molar-refractivity contribution in [3.63, 3.8) is 0 Å². The minimum Gasteiger partial charge on any atom is -0.481 e. The van der Waals surface area contributed by atoms with Crippen LogP contribution in [-0.2, 0) is 15.8 Å². The van der Waals surface area contributed by atoms with Gasteiger partial charge in [0.25, 0.3) is 11.8 Å². The maximum atomic E-state index is 12.5. The zero-order valence-corrected chi connectivity index (χ0v) is 17.8. The Labute approximate surface area is 180 Å². The van der Waals surface area contributed by atoms with Crippen LogP contribution >= 0.6 is 7.37 Å². The Hall–Kier alpha value is -3.02. The van der Waals surface area contributed by atoms with Gasteiger partial charge in [0.1, 0.15) is 0 Å². The Bertz CT molecular complexity index is 1010. The molecule has 0 saturated carbocycles. The highest BCUT2D eigenvalue weighted by Gasteiger charge is 2.34. The van der Waals surface area contributed by atoms with Crippen LogP contribution in [0.4, 0.5) is 0 Å². The molecule has 0 bridgehead atoms. The van der Waals surface area contributed by atoms with E-state index in [0.29, 0.717) is 17.5 Å². The fourth-order valence-electron chi connectivity index (χ4n) is 3.52. The summed E-state index contributed by atoms with van der Waals surface area (Å²) in [5.41, 5.74) is 1.66. The number of carbonyl (C=O) groups excluding carboxylic acids is 2. The molecule has 2 aromatic rings. The summed E-state index contributed by atoms with van der Waals surface area (Å²) in [6.07, 6.45) is 3.15. The number of amides is 2. The van der Waals surface area contributed by atoms with Gasteiger partial charge in [0, 0.05) is 18.9 Å². The number of carboxylic acid groups (broad SMARTS) is 1. The molecule has 0 fully saturated rings. The molecule has 0 aromatic heterocycles. The topological polar surface area (TPSA) is 112 Å². The molecule has 8 heteroatoms. The number of rotatable bonds is 10. The molecule has 0 spiro atoms. The minimum atomic E-state index is -3.73. The molecule has 1 aliphatic rings. The van der Waals surface area contributed by atoms with E-state index in [4.69, 9.17) is 0 Å². The van der Waals surface area contributed by atoms with E-state index in [1.165, 1.54) is 12.2 Å². The summed E-state index contributed by atoms with van der Waals surface area (Å²) >= 11 is 0. The van der Waals surface area contributed by atoms with Crippen molar-refractivity contribution in [3.05, 3.63) is 83.4 Å². The van der Waals surface area contributed by atoms with Gasteiger partial charge in [-0.3, -0.25) is 23.8 Å². The van der Waals surface area contributed by atoms with Crippen LogP contribution in [0.2, 0.25) is 0 Å². The number of hydrogen-bond acceptors (Lipinski definition) is 4. The number of benzene rings is 2. The molecule has 2 unspecified atom stereocenters. The summed E-state index contributed by atoms with van der Waals surface area (Å²) in [6.45, 7) is -0.0112. The van der Waals surface area contributed by atoms with Crippen LogP contribution in [0.5, 0.6) is 0 Å². The fraction of sp³-hybridized carbons (Fsp3) is 0.261. The van der Waals surface area contributed by atoms with Gasteiger partial charge in [-0.25, -0.2) is 0 Å². The Morgan fingerprint density at radius 3 is 2.13 bits per heavy atom. The van der Waals surface area contributed by atoms with Crippen molar-refractivity contribution in [2.24, 2.45) is 5.92 Å². The summed E-state index contributed by atoms with van der Waals surface area (Å²) in [4.78, 5) is 47.5. The summed E-state index contributed by atoms with van der Waals surface area (Å²) in [7, 11) is -3.73. The molecule has 0 radical (unpaired) electrons. The molecule has 3 rings (SSSR count). The Morgan fingerprint density at radius 2 is 1.55 bits per heavy atom. The first-order valence-corrected chi connectivity index (χ1v) is 12.0. The van der Waals surface area contributed by atoms with E-state index in [2.05, 4.69) is 0 Å². The summed E-state index contributed by atoms with van der Waals surface area (Å²) < 4.78 is 12.5. The van der Waals surface area contributed by atoms with Crippen molar-refractivity contribution >= 4 is 25.2 Å². The number of nitrogens with zero attached hydrogens (tertiary/aromatic N) is 1.